The Morgan fingerprint density at radius 1 is 1.15 bits per heavy atom. The molecule has 0 saturated heterocycles. The molecule has 1 unspecified atom stereocenters. The minimum atomic E-state index is -0.643. The molecule has 2 N–H and O–H groups in total. The Hall–Kier alpha value is -1.71. The van der Waals surface area contributed by atoms with Crippen LogP contribution in [0.4, 0.5) is 5.69 Å². The Morgan fingerprint density at radius 3 is 2.50 bits per heavy atom. The topological polar surface area (TPSA) is 41.5 Å². The van der Waals surface area contributed by atoms with Gasteiger partial charge in [0.25, 0.3) is 0 Å². The Morgan fingerprint density at radius 2 is 1.85 bits per heavy atom. The van der Waals surface area contributed by atoms with Crippen molar-refractivity contribution in [1.29, 1.82) is 0 Å². The minimum Gasteiger partial charge on any atom is -0.494 e. The first-order chi connectivity index (χ1) is 9.70. The molecule has 2 aromatic rings. The van der Waals surface area contributed by atoms with Gasteiger partial charge in [0.2, 0.25) is 0 Å². The van der Waals surface area contributed by atoms with E-state index in [0.717, 1.165) is 17.0 Å². The van der Waals surface area contributed by atoms with Crippen LogP contribution in [0.3, 0.4) is 0 Å². The molecule has 0 heterocycles. The zero-order valence-corrected chi connectivity index (χ0v) is 12.1. The number of nitrogens with one attached hydrogen (secondary N) is 1. The SMILES string of the molecule is CCOc1ccc(NCC(O)c2ccccc2Cl)cc1. The first-order valence-corrected chi connectivity index (χ1v) is 6.97. The average Bonchev–Trinajstić information content (AvgIpc) is 2.47. The fraction of sp³-hybridized carbons (Fsp3) is 0.250. The molecule has 2 aromatic carbocycles. The smallest absolute Gasteiger partial charge is 0.119 e. The van der Waals surface area contributed by atoms with Gasteiger partial charge in [0, 0.05) is 22.8 Å². The summed E-state index contributed by atoms with van der Waals surface area (Å²) in [5, 5.41) is 13.9. The van der Waals surface area contributed by atoms with Crippen LogP contribution in [0, 0.1) is 0 Å². The van der Waals surface area contributed by atoms with Crippen molar-refractivity contribution < 1.29 is 9.84 Å². The number of anilines is 1. The predicted octanol–water partition coefficient (Wildman–Crippen LogP) is 3.88. The van der Waals surface area contributed by atoms with Crippen molar-refractivity contribution in [2.75, 3.05) is 18.5 Å². The van der Waals surface area contributed by atoms with Gasteiger partial charge in [-0.1, -0.05) is 29.8 Å². The summed E-state index contributed by atoms with van der Waals surface area (Å²) in [6.45, 7) is 3.00. The molecule has 0 radical (unpaired) electrons. The molecule has 4 heteroatoms. The average molecular weight is 292 g/mol. The molecule has 0 aliphatic rings. The van der Waals surface area contributed by atoms with Crippen molar-refractivity contribution in [3.8, 4) is 5.75 Å². The number of aliphatic hydroxyl groups excluding tert-OH is 1. The van der Waals surface area contributed by atoms with Crippen LogP contribution in [0.25, 0.3) is 0 Å². The lowest BCUT2D eigenvalue weighted by Gasteiger charge is -2.14. The second kappa shape index (κ2) is 7.17. The number of benzene rings is 2. The second-order valence-electron chi connectivity index (χ2n) is 4.38. The number of rotatable bonds is 6. The number of ether oxygens (including phenoxy) is 1. The maximum Gasteiger partial charge on any atom is 0.119 e. The third kappa shape index (κ3) is 3.89. The Kier molecular flexibility index (Phi) is 5.27. The predicted molar refractivity (Wildman–Crippen MR) is 82.5 cm³/mol. The minimum absolute atomic E-state index is 0.401. The molecule has 0 saturated carbocycles. The van der Waals surface area contributed by atoms with Crippen molar-refractivity contribution in [3.05, 3.63) is 59.1 Å². The lowest BCUT2D eigenvalue weighted by Crippen LogP contribution is -2.12. The van der Waals surface area contributed by atoms with E-state index in [-0.39, 0.29) is 0 Å². The van der Waals surface area contributed by atoms with E-state index in [1.807, 2.05) is 49.4 Å². The highest BCUT2D eigenvalue weighted by atomic mass is 35.5. The van der Waals surface area contributed by atoms with Crippen LogP contribution in [0.2, 0.25) is 5.02 Å². The third-order valence-electron chi connectivity index (χ3n) is 2.93. The van der Waals surface area contributed by atoms with E-state index in [0.29, 0.717) is 18.2 Å². The standard InChI is InChI=1S/C16H18ClNO2/c1-2-20-13-9-7-12(8-10-13)18-11-16(19)14-5-3-4-6-15(14)17/h3-10,16,18-19H,2,11H2,1H3. The highest BCUT2D eigenvalue weighted by molar-refractivity contribution is 6.31. The molecule has 0 amide bonds. The molecule has 0 aliphatic heterocycles. The Labute approximate surface area is 124 Å². The van der Waals surface area contributed by atoms with Gasteiger partial charge in [-0.05, 0) is 37.3 Å². The van der Waals surface area contributed by atoms with Gasteiger partial charge in [-0.2, -0.15) is 0 Å². The van der Waals surface area contributed by atoms with Gasteiger partial charge >= 0.3 is 0 Å². The molecule has 0 fully saturated rings. The van der Waals surface area contributed by atoms with Crippen LogP contribution in [0.15, 0.2) is 48.5 Å². The van der Waals surface area contributed by atoms with E-state index in [1.54, 1.807) is 6.07 Å². The van der Waals surface area contributed by atoms with E-state index in [1.165, 1.54) is 0 Å². The molecule has 106 valence electrons. The number of hydrogen-bond donors (Lipinski definition) is 2. The maximum absolute atomic E-state index is 10.1. The van der Waals surface area contributed by atoms with Crippen LogP contribution < -0.4 is 10.1 Å². The van der Waals surface area contributed by atoms with E-state index >= 15 is 0 Å². The van der Waals surface area contributed by atoms with Crippen LogP contribution in [-0.2, 0) is 0 Å². The summed E-state index contributed by atoms with van der Waals surface area (Å²) >= 11 is 6.05. The number of aliphatic hydroxyl groups is 1. The molecule has 3 nitrogen and oxygen atoms in total. The van der Waals surface area contributed by atoms with Crippen LogP contribution >= 0.6 is 11.6 Å². The van der Waals surface area contributed by atoms with Crippen molar-refractivity contribution >= 4 is 17.3 Å². The van der Waals surface area contributed by atoms with Gasteiger partial charge in [0.1, 0.15) is 5.75 Å². The highest BCUT2D eigenvalue weighted by Gasteiger charge is 2.10. The van der Waals surface area contributed by atoms with Crippen molar-refractivity contribution in [2.45, 2.75) is 13.0 Å². The van der Waals surface area contributed by atoms with Gasteiger partial charge in [0.05, 0.1) is 12.7 Å². The van der Waals surface area contributed by atoms with E-state index in [4.69, 9.17) is 16.3 Å². The fourth-order valence-corrected chi connectivity index (χ4v) is 2.17. The molecule has 0 bridgehead atoms. The van der Waals surface area contributed by atoms with Crippen LogP contribution in [-0.4, -0.2) is 18.3 Å². The summed E-state index contributed by atoms with van der Waals surface area (Å²) in [4.78, 5) is 0. The highest BCUT2D eigenvalue weighted by Crippen LogP contribution is 2.23. The van der Waals surface area contributed by atoms with Gasteiger partial charge in [-0.25, -0.2) is 0 Å². The molecule has 0 aliphatic carbocycles. The molecular formula is C16H18ClNO2. The van der Waals surface area contributed by atoms with Crippen LogP contribution in [0.5, 0.6) is 5.75 Å². The maximum atomic E-state index is 10.1. The molecule has 0 spiro atoms. The molecule has 2 rings (SSSR count). The zero-order valence-electron chi connectivity index (χ0n) is 11.3. The lowest BCUT2D eigenvalue weighted by molar-refractivity contribution is 0.192. The molecule has 1 atom stereocenters. The molecule has 0 aromatic heterocycles. The van der Waals surface area contributed by atoms with Crippen molar-refractivity contribution in [3.63, 3.8) is 0 Å². The Bertz CT molecular complexity index is 542. The molecule has 20 heavy (non-hydrogen) atoms. The fourth-order valence-electron chi connectivity index (χ4n) is 1.91. The summed E-state index contributed by atoms with van der Waals surface area (Å²) in [6.07, 6.45) is -0.643. The van der Waals surface area contributed by atoms with Gasteiger partial charge in [-0.3, -0.25) is 0 Å². The Balaban J connectivity index is 1.93. The van der Waals surface area contributed by atoms with Crippen LogP contribution in [0.1, 0.15) is 18.6 Å². The molecular weight excluding hydrogens is 274 g/mol. The van der Waals surface area contributed by atoms with E-state index in [2.05, 4.69) is 5.32 Å². The van der Waals surface area contributed by atoms with Gasteiger partial charge in [-0.15, -0.1) is 0 Å². The summed E-state index contributed by atoms with van der Waals surface area (Å²) in [6, 6.07) is 14.9. The summed E-state index contributed by atoms with van der Waals surface area (Å²) in [5.41, 5.74) is 1.66. The normalized spacial score (nSPS) is 11.9. The second-order valence-corrected chi connectivity index (χ2v) is 4.78. The third-order valence-corrected chi connectivity index (χ3v) is 3.27. The van der Waals surface area contributed by atoms with Gasteiger partial charge < -0.3 is 15.2 Å². The largest absolute Gasteiger partial charge is 0.494 e. The van der Waals surface area contributed by atoms with E-state index in [9.17, 15) is 5.11 Å². The van der Waals surface area contributed by atoms with E-state index < -0.39 is 6.10 Å². The van der Waals surface area contributed by atoms with Crippen molar-refractivity contribution in [1.82, 2.24) is 0 Å². The van der Waals surface area contributed by atoms with Crippen molar-refractivity contribution in [2.24, 2.45) is 0 Å². The number of hydrogen-bond acceptors (Lipinski definition) is 3. The zero-order chi connectivity index (χ0) is 14.4. The first-order valence-electron chi connectivity index (χ1n) is 6.60. The monoisotopic (exact) mass is 291 g/mol. The first kappa shape index (κ1) is 14.7. The summed E-state index contributed by atoms with van der Waals surface area (Å²) in [5.74, 6) is 0.838. The summed E-state index contributed by atoms with van der Waals surface area (Å²) in [7, 11) is 0. The lowest BCUT2D eigenvalue weighted by atomic mass is 10.1. The van der Waals surface area contributed by atoms with Gasteiger partial charge in [0.15, 0.2) is 0 Å². The quantitative estimate of drug-likeness (QED) is 0.848. The number of halogens is 1. The summed E-state index contributed by atoms with van der Waals surface area (Å²) < 4.78 is 5.38.